The second-order valence-electron chi connectivity index (χ2n) is 7.50. The van der Waals surface area contributed by atoms with E-state index in [0.29, 0.717) is 58.1 Å². The van der Waals surface area contributed by atoms with E-state index in [1.165, 1.54) is 0 Å². The van der Waals surface area contributed by atoms with Crippen LogP contribution in [0.15, 0.2) is 36.5 Å². The van der Waals surface area contributed by atoms with Gasteiger partial charge in [-0.15, -0.1) is 0 Å². The van der Waals surface area contributed by atoms with Gasteiger partial charge in [0.2, 0.25) is 5.91 Å². The Morgan fingerprint density at radius 2 is 1.90 bits per heavy atom. The maximum atomic E-state index is 12.9. The average molecular weight is 393 g/mol. The Labute approximate surface area is 168 Å². The predicted molar refractivity (Wildman–Crippen MR) is 106 cm³/mol. The third-order valence-corrected chi connectivity index (χ3v) is 5.77. The van der Waals surface area contributed by atoms with Crippen LogP contribution in [0.3, 0.4) is 0 Å². The van der Waals surface area contributed by atoms with Gasteiger partial charge in [-0.25, -0.2) is 0 Å². The van der Waals surface area contributed by atoms with Crippen LogP contribution < -0.4 is 0 Å². The fraction of sp³-hybridized carbons (Fsp3) is 0.381. The van der Waals surface area contributed by atoms with E-state index in [1.807, 2.05) is 46.0 Å². The Hall–Kier alpha value is -3.13. The first kappa shape index (κ1) is 17.9. The zero-order valence-electron chi connectivity index (χ0n) is 16.1. The number of nitrogens with one attached hydrogen (secondary N) is 1. The molecule has 4 heterocycles. The van der Waals surface area contributed by atoms with Crippen LogP contribution in [0.2, 0.25) is 0 Å². The number of H-pyrrole nitrogens is 1. The summed E-state index contributed by atoms with van der Waals surface area (Å²) in [7, 11) is 0. The molecule has 8 nitrogen and oxygen atoms in total. The lowest BCUT2D eigenvalue weighted by molar-refractivity contribution is -0.132. The zero-order valence-corrected chi connectivity index (χ0v) is 16.1. The van der Waals surface area contributed by atoms with Crippen molar-refractivity contribution < 1.29 is 14.3 Å². The Morgan fingerprint density at radius 1 is 1.07 bits per heavy atom. The minimum absolute atomic E-state index is 0.0515. The van der Waals surface area contributed by atoms with Gasteiger partial charge in [-0.3, -0.25) is 14.7 Å². The number of ether oxygens (including phenoxy) is 1. The van der Waals surface area contributed by atoms with Crippen molar-refractivity contribution in [2.45, 2.75) is 19.5 Å². The van der Waals surface area contributed by atoms with Gasteiger partial charge < -0.3 is 19.1 Å². The van der Waals surface area contributed by atoms with Crippen molar-refractivity contribution in [3.63, 3.8) is 0 Å². The molecular formula is C21H23N5O3. The Balaban J connectivity index is 1.29. The van der Waals surface area contributed by atoms with Crippen LogP contribution in [0, 0.1) is 0 Å². The molecule has 2 amide bonds. The number of hydrogen-bond donors (Lipinski definition) is 1. The summed E-state index contributed by atoms with van der Waals surface area (Å²) in [6.07, 6.45) is 2.59. The number of para-hydroxylation sites is 1. The lowest BCUT2D eigenvalue weighted by Crippen LogP contribution is -2.42. The molecule has 2 aliphatic rings. The molecule has 8 heteroatoms. The summed E-state index contributed by atoms with van der Waals surface area (Å²) in [4.78, 5) is 29.3. The van der Waals surface area contributed by atoms with Gasteiger partial charge in [0.1, 0.15) is 6.54 Å². The molecule has 0 atom stereocenters. The normalized spacial score (nSPS) is 16.8. The lowest BCUT2D eigenvalue weighted by Gasteiger charge is -2.29. The lowest BCUT2D eigenvalue weighted by atomic mass is 10.0. The monoisotopic (exact) mass is 393 g/mol. The first-order valence-electron chi connectivity index (χ1n) is 9.95. The number of fused-ring (bicyclic) bond motifs is 2. The van der Waals surface area contributed by atoms with E-state index in [2.05, 4.69) is 10.2 Å². The van der Waals surface area contributed by atoms with E-state index in [-0.39, 0.29) is 11.8 Å². The zero-order chi connectivity index (χ0) is 19.8. The molecule has 5 rings (SSSR count). The van der Waals surface area contributed by atoms with E-state index in [1.54, 1.807) is 4.90 Å². The van der Waals surface area contributed by atoms with Gasteiger partial charge in [0.25, 0.3) is 5.91 Å². The number of morpholine rings is 1. The first-order chi connectivity index (χ1) is 14.2. The highest BCUT2D eigenvalue weighted by Gasteiger charge is 2.30. The van der Waals surface area contributed by atoms with E-state index < -0.39 is 0 Å². The number of rotatable bonds is 3. The maximum Gasteiger partial charge on any atom is 0.274 e. The smallest absolute Gasteiger partial charge is 0.274 e. The number of carbonyl (C=O) groups is 2. The van der Waals surface area contributed by atoms with Gasteiger partial charge >= 0.3 is 0 Å². The quantitative estimate of drug-likeness (QED) is 0.730. The number of nitrogens with zero attached hydrogens (tertiary/aromatic N) is 4. The highest BCUT2D eigenvalue weighted by Crippen LogP contribution is 2.23. The minimum atomic E-state index is -0.0515. The Kier molecular flexibility index (Phi) is 4.55. The highest BCUT2D eigenvalue weighted by molar-refractivity contribution is 5.94. The van der Waals surface area contributed by atoms with E-state index in [4.69, 9.17) is 4.74 Å². The van der Waals surface area contributed by atoms with Crippen LogP contribution in [-0.2, 0) is 29.0 Å². The fourth-order valence-corrected chi connectivity index (χ4v) is 4.15. The number of aromatic nitrogens is 3. The van der Waals surface area contributed by atoms with Gasteiger partial charge in [-0.1, -0.05) is 18.2 Å². The molecule has 0 spiro atoms. The number of aromatic amines is 1. The molecule has 0 saturated carbocycles. The Bertz CT molecular complexity index is 1060. The van der Waals surface area contributed by atoms with Crippen LogP contribution in [0.25, 0.3) is 10.9 Å². The van der Waals surface area contributed by atoms with Crippen molar-refractivity contribution in [3.8, 4) is 0 Å². The van der Waals surface area contributed by atoms with Gasteiger partial charge in [0.15, 0.2) is 5.69 Å². The molecule has 29 heavy (non-hydrogen) atoms. The fourth-order valence-electron chi connectivity index (χ4n) is 4.15. The SMILES string of the molecule is O=C(Cn1ccc2ccccc21)N1CCc2c(C(=O)N3CCOCC3)n[nH]c2C1. The largest absolute Gasteiger partial charge is 0.378 e. The topological polar surface area (TPSA) is 83.5 Å². The van der Waals surface area contributed by atoms with Crippen LogP contribution >= 0.6 is 0 Å². The molecule has 1 N–H and O–H groups in total. The maximum absolute atomic E-state index is 12.9. The number of carbonyl (C=O) groups excluding carboxylic acids is 2. The highest BCUT2D eigenvalue weighted by atomic mass is 16.5. The summed E-state index contributed by atoms with van der Waals surface area (Å²) in [6, 6.07) is 10.1. The second-order valence-corrected chi connectivity index (χ2v) is 7.50. The Morgan fingerprint density at radius 3 is 2.76 bits per heavy atom. The summed E-state index contributed by atoms with van der Waals surface area (Å²) in [5, 5.41) is 8.40. The van der Waals surface area contributed by atoms with Crippen molar-refractivity contribution in [1.29, 1.82) is 0 Å². The third kappa shape index (κ3) is 3.29. The molecule has 1 aromatic carbocycles. The van der Waals surface area contributed by atoms with Crippen LogP contribution in [0.4, 0.5) is 0 Å². The van der Waals surface area contributed by atoms with Gasteiger partial charge in [-0.05, 0) is 23.9 Å². The molecule has 0 unspecified atom stereocenters. The van der Waals surface area contributed by atoms with Crippen molar-refractivity contribution >= 4 is 22.7 Å². The molecule has 2 aromatic heterocycles. The van der Waals surface area contributed by atoms with E-state index >= 15 is 0 Å². The average Bonchev–Trinajstić information content (AvgIpc) is 3.38. The molecule has 2 aliphatic heterocycles. The summed E-state index contributed by atoms with van der Waals surface area (Å²) < 4.78 is 7.30. The molecule has 1 saturated heterocycles. The molecule has 150 valence electrons. The third-order valence-electron chi connectivity index (χ3n) is 5.77. The molecule has 0 bridgehead atoms. The van der Waals surface area contributed by atoms with Crippen LogP contribution in [0.1, 0.15) is 21.7 Å². The van der Waals surface area contributed by atoms with Crippen LogP contribution in [0.5, 0.6) is 0 Å². The van der Waals surface area contributed by atoms with Crippen molar-refractivity contribution in [1.82, 2.24) is 24.6 Å². The minimum Gasteiger partial charge on any atom is -0.378 e. The van der Waals surface area contributed by atoms with Gasteiger partial charge in [0, 0.05) is 36.9 Å². The molecule has 0 aliphatic carbocycles. The summed E-state index contributed by atoms with van der Waals surface area (Å²) >= 11 is 0. The summed E-state index contributed by atoms with van der Waals surface area (Å²) in [5.41, 5.74) is 3.35. The van der Waals surface area contributed by atoms with Gasteiger partial charge in [0.05, 0.1) is 25.5 Å². The van der Waals surface area contributed by atoms with Crippen molar-refractivity contribution in [2.75, 3.05) is 32.8 Å². The molecule has 1 fully saturated rings. The summed E-state index contributed by atoms with van der Waals surface area (Å²) in [6.45, 7) is 3.66. The second kappa shape index (κ2) is 7.36. The number of benzene rings is 1. The summed E-state index contributed by atoms with van der Waals surface area (Å²) in [5.74, 6) is 0.0112. The van der Waals surface area contributed by atoms with E-state index in [9.17, 15) is 9.59 Å². The van der Waals surface area contributed by atoms with Gasteiger partial charge in [-0.2, -0.15) is 5.10 Å². The van der Waals surface area contributed by atoms with Crippen molar-refractivity contribution in [2.24, 2.45) is 0 Å². The standard InChI is InChI=1S/C21H23N5O3/c27-19(14-25-7-5-15-3-1-2-4-18(15)25)26-8-6-16-17(13-26)22-23-20(16)21(28)24-9-11-29-12-10-24/h1-5,7H,6,8-14H2,(H,22,23). The van der Waals surface area contributed by atoms with Crippen molar-refractivity contribution in [3.05, 3.63) is 53.5 Å². The predicted octanol–water partition coefficient (Wildman–Crippen LogP) is 1.42. The molecular weight excluding hydrogens is 370 g/mol. The van der Waals surface area contributed by atoms with E-state index in [0.717, 1.165) is 22.2 Å². The number of hydrogen-bond acceptors (Lipinski definition) is 4. The molecule has 0 radical (unpaired) electrons. The number of amides is 2. The first-order valence-corrected chi connectivity index (χ1v) is 9.95. The van der Waals surface area contributed by atoms with Crippen LogP contribution in [-0.4, -0.2) is 69.2 Å². The molecule has 3 aromatic rings.